The fraction of sp³-hybridized carbons (Fsp3) is 0.923. The summed E-state index contributed by atoms with van der Waals surface area (Å²) in [6.45, 7) is 8.35. The van der Waals surface area contributed by atoms with E-state index in [4.69, 9.17) is 0 Å². The molecule has 1 saturated heterocycles. The molecule has 0 spiro atoms. The van der Waals surface area contributed by atoms with Crippen molar-refractivity contribution in [3.63, 3.8) is 0 Å². The van der Waals surface area contributed by atoms with Gasteiger partial charge in [0, 0.05) is 25.6 Å². The molecule has 1 aliphatic heterocycles. The quantitative estimate of drug-likeness (QED) is 0.711. The Labute approximate surface area is 104 Å². The summed E-state index contributed by atoms with van der Waals surface area (Å²) in [5, 5.41) is 13.1. The molecule has 0 aromatic heterocycles. The molecule has 4 nitrogen and oxygen atoms in total. The van der Waals surface area contributed by atoms with Gasteiger partial charge in [-0.2, -0.15) is 0 Å². The van der Waals surface area contributed by atoms with Gasteiger partial charge < -0.3 is 15.3 Å². The van der Waals surface area contributed by atoms with E-state index in [-0.39, 0.29) is 5.91 Å². The Morgan fingerprint density at radius 3 is 2.53 bits per heavy atom. The van der Waals surface area contributed by atoms with Crippen LogP contribution in [0.15, 0.2) is 0 Å². The Bertz CT molecular complexity index is 242. The molecule has 2 N–H and O–H groups in total. The van der Waals surface area contributed by atoms with Crippen LogP contribution in [0.4, 0.5) is 0 Å². The molecule has 0 atom stereocenters. The number of nitrogens with one attached hydrogen (secondary N) is 1. The van der Waals surface area contributed by atoms with Crippen molar-refractivity contribution in [2.24, 2.45) is 0 Å². The number of carbonyl (C=O) groups is 1. The molecule has 0 unspecified atom stereocenters. The second-order valence-electron chi connectivity index (χ2n) is 5.59. The third-order valence-corrected chi connectivity index (χ3v) is 3.31. The molecule has 0 aromatic carbocycles. The molecule has 1 fully saturated rings. The average Bonchev–Trinajstić information content (AvgIpc) is 2.23. The minimum Gasteiger partial charge on any atom is -0.390 e. The second-order valence-corrected chi connectivity index (χ2v) is 5.59. The van der Waals surface area contributed by atoms with Crippen molar-refractivity contribution in [2.75, 3.05) is 19.6 Å². The maximum Gasteiger partial charge on any atom is 0.222 e. The summed E-state index contributed by atoms with van der Waals surface area (Å²) in [4.78, 5) is 13.8. The predicted molar refractivity (Wildman–Crippen MR) is 68.8 cm³/mol. The van der Waals surface area contributed by atoms with Gasteiger partial charge in [-0.3, -0.25) is 4.79 Å². The minimum absolute atomic E-state index is 0.228. The van der Waals surface area contributed by atoms with E-state index in [1.807, 2.05) is 11.8 Å². The van der Waals surface area contributed by atoms with Gasteiger partial charge in [0.15, 0.2) is 0 Å². The summed E-state index contributed by atoms with van der Waals surface area (Å²) in [5.74, 6) is 0.228. The molecule has 4 heteroatoms. The number of hydrogen-bond acceptors (Lipinski definition) is 3. The average molecular weight is 242 g/mol. The van der Waals surface area contributed by atoms with Crippen molar-refractivity contribution in [3.05, 3.63) is 0 Å². The third-order valence-electron chi connectivity index (χ3n) is 3.31. The van der Waals surface area contributed by atoms with Crippen molar-refractivity contribution in [1.29, 1.82) is 0 Å². The molecule has 1 amide bonds. The largest absolute Gasteiger partial charge is 0.390 e. The molecular weight excluding hydrogens is 216 g/mol. The molecule has 0 saturated carbocycles. The molecule has 1 aliphatic rings. The maximum atomic E-state index is 11.9. The van der Waals surface area contributed by atoms with Gasteiger partial charge in [0.1, 0.15) is 0 Å². The lowest BCUT2D eigenvalue weighted by atomic mass is 9.93. The number of rotatable bonds is 5. The lowest BCUT2D eigenvalue weighted by molar-refractivity contribution is -0.135. The Hall–Kier alpha value is -0.610. The number of nitrogens with zero attached hydrogens (tertiary/aromatic N) is 1. The van der Waals surface area contributed by atoms with E-state index >= 15 is 0 Å². The van der Waals surface area contributed by atoms with Gasteiger partial charge >= 0.3 is 0 Å². The molecule has 1 rings (SSSR count). The van der Waals surface area contributed by atoms with E-state index in [1.165, 1.54) is 0 Å². The first kappa shape index (κ1) is 14.5. The lowest BCUT2D eigenvalue weighted by Gasteiger charge is -2.35. The van der Waals surface area contributed by atoms with Gasteiger partial charge in [-0.1, -0.05) is 13.8 Å². The monoisotopic (exact) mass is 242 g/mol. The topological polar surface area (TPSA) is 52.6 Å². The Morgan fingerprint density at radius 2 is 2.00 bits per heavy atom. The first-order valence-corrected chi connectivity index (χ1v) is 6.64. The fourth-order valence-electron chi connectivity index (χ4n) is 2.03. The van der Waals surface area contributed by atoms with Crippen molar-refractivity contribution in [2.45, 2.75) is 58.1 Å². The lowest BCUT2D eigenvalue weighted by Crippen LogP contribution is -2.45. The smallest absolute Gasteiger partial charge is 0.222 e. The number of amides is 1. The van der Waals surface area contributed by atoms with E-state index in [0.717, 1.165) is 13.0 Å². The van der Waals surface area contributed by atoms with Gasteiger partial charge in [0.25, 0.3) is 0 Å². The van der Waals surface area contributed by atoms with Crippen LogP contribution in [0.25, 0.3) is 0 Å². The molecule has 17 heavy (non-hydrogen) atoms. The van der Waals surface area contributed by atoms with Crippen LogP contribution in [0.1, 0.15) is 46.5 Å². The molecule has 0 radical (unpaired) electrons. The summed E-state index contributed by atoms with van der Waals surface area (Å²) in [5.41, 5.74) is -0.573. The van der Waals surface area contributed by atoms with Crippen LogP contribution in [0.2, 0.25) is 0 Å². The van der Waals surface area contributed by atoms with Crippen LogP contribution in [-0.4, -0.2) is 47.2 Å². The van der Waals surface area contributed by atoms with Crippen molar-refractivity contribution in [3.8, 4) is 0 Å². The highest BCUT2D eigenvalue weighted by Gasteiger charge is 2.29. The third kappa shape index (κ3) is 5.50. The predicted octanol–water partition coefficient (Wildman–Crippen LogP) is 1.14. The molecule has 100 valence electrons. The highest BCUT2D eigenvalue weighted by molar-refractivity contribution is 5.76. The van der Waals surface area contributed by atoms with Crippen LogP contribution in [-0.2, 0) is 4.79 Å². The molecular formula is C13H26N2O2. The standard InChI is InChI=1S/C13H26N2O2/c1-11(2)14-8-4-5-12(16)15-9-6-13(3,17)7-10-15/h11,14,17H,4-10H2,1-3H3. The van der Waals surface area contributed by atoms with Crippen molar-refractivity contribution in [1.82, 2.24) is 10.2 Å². The molecule has 0 aromatic rings. The minimum atomic E-state index is -0.573. The van der Waals surface area contributed by atoms with Crippen LogP contribution >= 0.6 is 0 Å². The normalized spacial score (nSPS) is 19.7. The second kappa shape index (κ2) is 6.36. The van der Waals surface area contributed by atoms with Gasteiger partial charge in [-0.15, -0.1) is 0 Å². The van der Waals surface area contributed by atoms with Gasteiger partial charge in [-0.05, 0) is 32.7 Å². The Morgan fingerprint density at radius 1 is 1.41 bits per heavy atom. The first-order chi connectivity index (χ1) is 7.91. The van der Waals surface area contributed by atoms with Crippen molar-refractivity contribution >= 4 is 5.91 Å². The molecule has 0 bridgehead atoms. The van der Waals surface area contributed by atoms with Gasteiger partial charge in [0.2, 0.25) is 5.91 Å². The highest BCUT2D eigenvalue weighted by atomic mass is 16.3. The van der Waals surface area contributed by atoms with Gasteiger partial charge in [0.05, 0.1) is 5.60 Å². The van der Waals surface area contributed by atoms with E-state index in [0.29, 0.717) is 38.4 Å². The van der Waals surface area contributed by atoms with Gasteiger partial charge in [-0.25, -0.2) is 0 Å². The van der Waals surface area contributed by atoms with Crippen LogP contribution in [0.5, 0.6) is 0 Å². The number of hydrogen-bond donors (Lipinski definition) is 2. The zero-order valence-corrected chi connectivity index (χ0v) is 11.3. The molecule has 1 heterocycles. The SMILES string of the molecule is CC(C)NCCCC(=O)N1CCC(C)(O)CC1. The molecule has 0 aliphatic carbocycles. The van der Waals surface area contributed by atoms with Crippen LogP contribution in [0, 0.1) is 0 Å². The zero-order chi connectivity index (χ0) is 12.9. The summed E-state index contributed by atoms with van der Waals surface area (Å²) in [7, 11) is 0. The number of likely N-dealkylation sites (tertiary alicyclic amines) is 1. The summed E-state index contributed by atoms with van der Waals surface area (Å²) >= 11 is 0. The summed E-state index contributed by atoms with van der Waals surface area (Å²) in [6, 6.07) is 0.482. The van der Waals surface area contributed by atoms with Crippen LogP contribution in [0.3, 0.4) is 0 Å². The Kier molecular flexibility index (Phi) is 5.40. The summed E-state index contributed by atoms with van der Waals surface area (Å²) in [6.07, 6.45) is 2.90. The van der Waals surface area contributed by atoms with E-state index in [9.17, 15) is 9.90 Å². The van der Waals surface area contributed by atoms with E-state index in [2.05, 4.69) is 19.2 Å². The zero-order valence-electron chi connectivity index (χ0n) is 11.3. The first-order valence-electron chi connectivity index (χ1n) is 6.64. The number of carbonyl (C=O) groups excluding carboxylic acids is 1. The maximum absolute atomic E-state index is 11.9. The van der Waals surface area contributed by atoms with E-state index < -0.39 is 5.60 Å². The number of aliphatic hydroxyl groups is 1. The number of piperidine rings is 1. The highest BCUT2D eigenvalue weighted by Crippen LogP contribution is 2.21. The Balaban J connectivity index is 2.16. The fourth-order valence-corrected chi connectivity index (χ4v) is 2.03. The van der Waals surface area contributed by atoms with Crippen LogP contribution < -0.4 is 5.32 Å². The van der Waals surface area contributed by atoms with Crippen molar-refractivity contribution < 1.29 is 9.90 Å². The van der Waals surface area contributed by atoms with E-state index in [1.54, 1.807) is 0 Å². The summed E-state index contributed by atoms with van der Waals surface area (Å²) < 4.78 is 0.